The molecule has 22 heteroatoms. The van der Waals surface area contributed by atoms with E-state index in [1.54, 1.807) is 25.1 Å². The van der Waals surface area contributed by atoms with E-state index in [1.165, 1.54) is 32.1 Å². The summed E-state index contributed by atoms with van der Waals surface area (Å²) < 4.78 is 54.7. The zero-order valence-corrected chi connectivity index (χ0v) is 36.6. The van der Waals surface area contributed by atoms with Gasteiger partial charge in [-0.2, -0.15) is 13.2 Å². The number of hydroxylamine groups is 2. The van der Waals surface area contributed by atoms with E-state index in [4.69, 9.17) is 53.9 Å². The van der Waals surface area contributed by atoms with Crippen molar-refractivity contribution < 1.29 is 51.5 Å². The second-order valence-electron chi connectivity index (χ2n) is 13.9. The summed E-state index contributed by atoms with van der Waals surface area (Å²) in [4.78, 5) is 77.7. The normalized spacial score (nSPS) is 13.8. The lowest BCUT2D eigenvalue weighted by Crippen LogP contribution is -2.40. The van der Waals surface area contributed by atoms with Gasteiger partial charge in [-0.3, -0.25) is 24.3 Å². The maximum absolute atomic E-state index is 12.8. The number of nitro groups is 1. The lowest BCUT2D eigenvalue weighted by molar-refractivity contribution is -0.385. The fraction of sp³-hybridized carbons (Fsp3) is 0.390. The number of anilines is 1. The molecular formula is C41H43Cl3F3N5O11. The third-order valence-corrected chi connectivity index (χ3v) is 10.7. The number of hydrogen-bond donors (Lipinski definition) is 2. The predicted octanol–water partition coefficient (Wildman–Crippen LogP) is 9.72. The molecule has 1 saturated carbocycles. The van der Waals surface area contributed by atoms with Crippen LogP contribution >= 0.6 is 34.8 Å². The number of esters is 2. The Bertz CT molecular complexity index is 2420. The molecule has 2 aliphatic carbocycles. The molecule has 16 nitrogen and oxygen atoms in total. The number of nitro benzene ring substituents is 1. The van der Waals surface area contributed by atoms with Gasteiger partial charge in [0, 0.05) is 42.2 Å². The average molecular weight is 945 g/mol. The second kappa shape index (κ2) is 22.6. The number of halogens is 6. The molecule has 4 aromatic rings. The fourth-order valence-corrected chi connectivity index (χ4v) is 6.91. The Labute approximate surface area is 373 Å². The Balaban J connectivity index is 0.000000228. The van der Waals surface area contributed by atoms with Crippen molar-refractivity contribution in [1.82, 2.24) is 14.6 Å². The monoisotopic (exact) mass is 943 g/mol. The molecule has 0 aliphatic heterocycles. The number of benzene rings is 3. The van der Waals surface area contributed by atoms with E-state index in [0.29, 0.717) is 21.8 Å². The van der Waals surface area contributed by atoms with Gasteiger partial charge < -0.3 is 24.5 Å². The van der Waals surface area contributed by atoms with Gasteiger partial charge in [0.05, 0.1) is 39.3 Å². The number of amides is 2. The van der Waals surface area contributed by atoms with Crippen LogP contribution in [0, 0.1) is 10.1 Å². The largest absolute Gasteiger partial charge is 0.463 e. The smallest absolute Gasteiger partial charge is 0.416 e. The molecule has 340 valence electrons. The molecule has 1 heterocycles. The van der Waals surface area contributed by atoms with Crippen molar-refractivity contribution in [2.24, 2.45) is 0 Å². The number of carbonyl (C=O) groups is 3. The summed E-state index contributed by atoms with van der Waals surface area (Å²) in [5.41, 5.74) is -0.0874. The summed E-state index contributed by atoms with van der Waals surface area (Å²) in [6, 6.07) is 9.92. The highest BCUT2D eigenvalue weighted by Crippen LogP contribution is 2.37. The van der Waals surface area contributed by atoms with E-state index in [1.807, 2.05) is 0 Å². The second-order valence-corrected chi connectivity index (χ2v) is 15.1. The van der Waals surface area contributed by atoms with Crippen LogP contribution < -0.4 is 21.3 Å². The summed E-state index contributed by atoms with van der Waals surface area (Å²) in [5.74, 6) is -2.36. The molecule has 1 aromatic heterocycles. The molecule has 0 radical (unpaired) electrons. The van der Waals surface area contributed by atoms with Crippen LogP contribution in [0.2, 0.25) is 15.1 Å². The van der Waals surface area contributed by atoms with Gasteiger partial charge in [0.25, 0.3) is 11.2 Å². The van der Waals surface area contributed by atoms with Gasteiger partial charge in [0.1, 0.15) is 17.1 Å². The lowest BCUT2D eigenvalue weighted by atomic mass is 9.95. The van der Waals surface area contributed by atoms with Gasteiger partial charge in [-0.05, 0) is 88.4 Å². The number of aromatic nitrogens is 2. The number of rotatable bonds is 10. The molecule has 63 heavy (non-hydrogen) atoms. The van der Waals surface area contributed by atoms with Crippen molar-refractivity contribution in [3.05, 3.63) is 123 Å². The van der Waals surface area contributed by atoms with Crippen LogP contribution in [0.5, 0.6) is 11.5 Å². The van der Waals surface area contributed by atoms with Crippen LogP contribution in [0.15, 0.2) is 64.2 Å². The fourth-order valence-electron chi connectivity index (χ4n) is 6.39. The molecule has 2 N–H and O–H groups in total. The van der Waals surface area contributed by atoms with E-state index < -0.39 is 52.0 Å². The summed E-state index contributed by atoms with van der Waals surface area (Å²) in [7, 11) is 2.89. The molecule has 0 spiro atoms. The Morgan fingerprint density at radius 1 is 0.968 bits per heavy atom. The third kappa shape index (κ3) is 13.7. The molecule has 1 fully saturated rings. The first-order valence-corrected chi connectivity index (χ1v) is 20.5. The van der Waals surface area contributed by atoms with Crippen LogP contribution in [-0.4, -0.2) is 64.4 Å². The number of nitrogens with zero attached hydrogens (tertiary/aromatic N) is 3. The highest BCUT2D eigenvalue weighted by atomic mass is 35.5. The van der Waals surface area contributed by atoms with Crippen molar-refractivity contribution in [3.8, 4) is 11.5 Å². The first kappa shape index (κ1) is 50.0. The third-order valence-electron chi connectivity index (χ3n) is 9.62. The molecule has 1 unspecified atom stereocenters. The first-order valence-electron chi connectivity index (χ1n) is 19.4. The molecule has 0 bridgehead atoms. The van der Waals surface area contributed by atoms with Crippen molar-refractivity contribution in [2.45, 2.75) is 83.5 Å². The molecule has 2 amide bonds. The van der Waals surface area contributed by atoms with Crippen molar-refractivity contribution in [2.75, 3.05) is 26.1 Å². The number of ether oxygens (including phenoxy) is 3. The quantitative estimate of drug-likeness (QED) is 0.0871. The SMILES string of the molecule is CCOC(=O)C(C)OC(=O)c1cc(Oc2ccc(C(F)(F)F)cc2Cl)ccc1[N+](=O)[O-].CON(C)C(=O)Nc1ccc(Cl)c(Cl)c1.O=c1[nH]c2c(c(=O)n1C1CCCCC1)CCC2. The average Bonchev–Trinajstić information content (AvgIpc) is 3.72. The molecule has 6 rings (SSSR count). The van der Waals surface area contributed by atoms with Crippen LogP contribution in [0.25, 0.3) is 0 Å². The van der Waals surface area contributed by atoms with E-state index in [2.05, 4.69) is 10.3 Å². The maximum Gasteiger partial charge on any atom is 0.416 e. The van der Waals surface area contributed by atoms with E-state index >= 15 is 0 Å². The molecule has 2 aliphatic rings. The van der Waals surface area contributed by atoms with Gasteiger partial charge in [0.2, 0.25) is 0 Å². The van der Waals surface area contributed by atoms with Crippen LogP contribution in [0.3, 0.4) is 0 Å². The van der Waals surface area contributed by atoms with E-state index in [-0.39, 0.29) is 40.4 Å². The number of alkyl halides is 3. The lowest BCUT2D eigenvalue weighted by Gasteiger charge is -2.23. The highest BCUT2D eigenvalue weighted by Gasteiger charge is 2.32. The molecule has 1 atom stereocenters. The minimum atomic E-state index is -4.61. The molecule has 3 aromatic carbocycles. The Morgan fingerprint density at radius 2 is 1.67 bits per heavy atom. The number of aryl methyl sites for hydroxylation is 1. The van der Waals surface area contributed by atoms with Gasteiger partial charge in [-0.1, -0.05) is 54.1 Å². The highest BCUT2D eigenvalue weighted by molar-refractivity contribution is 6.42. The summed E-state index contributed by atoms with van der Waals surface area (Å²) in [5, 5.41) is 15.3. The Hall–Kier alpha value is -5.63. The van der Waals surface area contributed by atoms with E-state index in [9.17, 15) is 47.3 Å². The number of H-pyrrole nitrogens is 1. The summed E-state index contributed by atoms with van der Waals surface area (Å²) in [6.45, 7) is 2.81. The number of nitrogens with one attached hydrogen (secondary N) is 2. The maximum atomic E-state index is 12.8. The summed E-state index contributed by atoms with van der Waals surface area (Å²) >= 11 is 17.3. The van der Waals surface area contributed by atoms with Gasteiger partial charge in [0.15, 0.2) is 6.10 Å². The number of urea groups is 1. The minimum absolute atomic E-state index is 0.0202. The summed E-state index contributed by atoms with van der Waals surface area (Å²) in [6.07, 6.45) is 2.18. The van der Waals surface area contributed by atoms with Gasteiger partial charge in [-0.25, -0.2) is 24.2 Å². The van der Waals surface area contributed by atoms with E-state index in [0.717, 1.165) is 91.6 Å². The number of hydrogen-bond acceptors (Lipinski definition) is 11. The zero-order valence-electron chi connectivity index (χ0n) is 34.3. The van der Waals surface area contributed by atoms with Crippen LogP contribution in [-0.2, 0) is 38.1 Å². The first-order chi connectivity index (χ1) is 29.7. The van der Waals surface area contributed by atoms with Crippen LogP contribution in [0.4, 0.5) is 29.3 Å². The minimum Gasteiger partial charge on any atom is -0.463 e. The topological polar surface area (TPSA) is 201 Å². The van der Waals surface area contributed by atoms with Crippen molar-refractivity contribution in [1.29, 1.82) is 0 Å². The van der Waals surface area contributed by atoms with Crippen LogP contribution in [0.1, 0.15) is 85.6 Å². The molecule has 0 saturated heterocycles. The standard InChI is InChI=1S/C19H15ClF3NO7.C13H18N2O2.C9H10Cl2N2O2/c1-3-29-17(25)10(2)30-18(26)13-9-12(5-6-15(13)24(27)28)31-16-7-4-11(8-14(16)20)19(21,22)23;16-12-10-7-4-8-11(10)14-13(17)15(12)9-5-2-1-3-6-9;1-13(15-2)9(14)12-6-3-4-7(10)8(11)5-6/h4-10H,3H2,1-2H3;9H,1-8H2,(H,14,17);3-5H,1-2H3,(H,12,14). The molecular weight excluding hydrogens is 902 g/mol. The Kier molecular flexibility index (Phi) is 18.0. The van der Waals surface area contributed by atoms with Crippen molar-refractivity contribution in [3.63, 3.8) is 0 Å². The zero-order chi connectivity index (χ0) is 46.6. The Morgan fingerprint density at radius 3 is 2.27 bits per heavy atom. The van der Waals surface area contributed by atoms with Crippen molar-refractivity contribution >= 4 is 64.1 Å². The van der Waals surface area contributed by atoms with Gasteiger partial charge >= 0.3 is 29.8 Å². The number of aromatic amines is 1. The predicted molar refractivity (Wildman–Crippen MR) is 227 cm³/mol. The van der Waals surface area contributed by atoms with Gasteiger partial charge in [-0.15, -0.1) is 0 Å². The number of fused-ring (bicyclic) bond motifs is 1. The number of carbonyl (C=O) groups excluding carboxylic acids is 3.